The molecule has 5 nitrogen and oxygen atoms in total. The highest BCUT2D eigenvalue weighted by Crippen LogP contribution is 2.03. The quantitative estimate of drug-likeness (QED) is 0.593. The van der Waals surface area contributed by atoms with E-state index in [2.05, 4.69) is 10.3 Å². The van der Waals surface area contributed by atoms with Gasteiger partial charge in [0.1, 0.15) is 0 Å². The van der Waals surface area contributed by atoms with Crippen LogP contribution in [0.5, 0.6) is 5.88 Å². The van der Waals surface area contributed by atoms with Crippen molar-refractivity contribution in [3.05, 3.63) is 28.0 Å². The zero-order valence-electron chi connectivity index (χ0n) is 7.13. The number of aromatic hydroxyl groups is 1. The molecule has 0 aromatic carbocycles. The maximum atomic E-state index is 11.2. The lowest BCUT2D eigenvalue weighted by Crippen LogP contribution is -2.24. The van der Waals surface area contributed by atoms with Crippen LogP contribution in [0.3, 0.4) is 0 Å². The van der Waals surface area contributed by atoms with Crippen LogP contribution in [-0.4, -0.2) is 22.5 Å². The minimum absolute atomic E-state index is 0.156. The molecule has 0 aliphatic heterocycles. The number of amides is 1. The number of aromatic nitrogens is 1. The van der Waals surface area contributed by atoms with E-state index >= 15 is 0 Å². The van der Waals surface area contributed by atoms with Gasteiger partial charge in [-0.1, -0.05) is 0 Å². The summed E-state index contributed by atoms with van der Waals surface area (Å²) in [6.07, 6.45) is 0. The number of rotatable bonds is 2. The minimum atomic E-state index is -0.499. The Kier molecular flexibility index (Phi) is 2.69. The van der Waals surface area contributed by atoms with Crippen LogP contribution >= 0.6 is 0 Å². The van der Waals surface area contributed by atoms with Crippen LogP contribution in [0.4, 0.5) is 0 Å². The van der Waals surface area contributed by atoms with Crippen molar-refractivity contribution < 1.29 is 9.90 Å². The summed E-state index contributed by atoms with van der Waals surface area (Å²) in [5.41, 5.74) is -0.343. The minimum Gasteiger partial charge on any atom is -0.494 e. The third-order valence-corrected chi connectivity index (χ3v) is 1.43. The van der Waals surface area contributed by atoms with Gasteiger partial charge in [0.15, 0.2) is 5.88 Å². The second-order valence-corrected chi connectivity index (χ2v) is 2.48. The second kappa shape index (κ2) is 3.75. The monoisotopic (exact) mass is 182 g/mol. The summed E-state index contributed by atoms with van der Waals surface area (Å²) in [7, 11) is 0. The molecule has 5 heteroatoms. The topological polar surface area (TPSA) is 82.2 Å². The van der Waals surface area contributed by atoms with Crippen molar-refractivity contribution in [2.75, 3.05) is 6.54 Å². The van der Waals surface area contributed by atoms with Gasteiger partial charge in [0.25, 0.3) is 11.5 Å². The number of H-pyrrole nitrogens is 1. The van der Waals surface area contributed by atoms with E-state index in [4.69, 9.17) is 5.11 Å². The Bertz CT molecular complexity index is 370. The highest BCUT2D eigenvalue weighted by atomic mass is 16.3. The van der Waals surface area contributed by atoms with Gasteiger partial charge in [0.05, 0.1) is 5.56 Å². The van der Waals surface area contributed by atoms with Crippen molar-refractivity contribution in [2.45, 2.75) is 6.92 Å². The molecule has 0 saturated carbocycles. The van der Waals surface area contributed by atoms with E-state index in [1.165, 1.54) is 6.07 Å². The molecule has 0 unspecified atom stereocenters. The number of hydrogen-bond acceptors (Lipinski definition) is 3. The average Bonchev–Trinajstić information content (AvgIpc) is 2.03. The van der Waals surface area contributed by atoms with Crippen LogP contribution in [0, 0.1) is 0 Å². The van der Waals surface area contributed by atoms with Crippen molar-refractivity contribution in [3.63, 3.8) is 0 Å². The Balaban J connectivity index is 3.01. The molecule has 0 aliphatic carbocycles. The zero-order valence-corrected chi connectivity index (χ0v) is 7.13. The zero-order chi connectivity index (χ0) is 9.84. The largest absolute Gasteiger partial charge is 0.494 e. The first kappa shape index (κ1) is 9.31. The molecule has 1 heterocycles. The smallest absolute Gasteiger partial charge is 0.251 e. The summed E-state index contributed by atoms with van der Waals surface area (Å²) < 4.78 is 0. The van der Waals surface area contributed by atoms with Gasteiger partial charge in [0, 0.05) is 18.7 Å². The molecule has 1 aromatic heterocycles. The molecular weight excluding hydrogens is 172 g/mol. The lowest BCUT2D eigenvalue weighted by molar-refractivity contribution is 0.0955. The number of carbonyl (C=O) groups excluding carboxylic acids is 1. The van der Waals surface area contributed by atoms with Crippen LogP contribution in [0.2, 0.25) is 0 Å². The molecule has 1 aromatic rings. The number of pyridine rings is 1. The van der Waals surface area contributed by atoms with Gasteiger partial charge in [-0.2, -0.15) is 0 Å². The van der Waals surface area contributed by atoms with Gasteiger partial charge in [-0.05, 0) is 6.92 Å². The molecule has 0 radical (unpaired) electrons. The van der Waals surface area contributed by atoms with Crippen LogP contribution in [-0.2, 0) is 0 Å². The summed E-state index contributed by atoms with van der Waals surface area (Å²) in [6.45, 7) is 2.25. The number of aromatic amines is 1. The van der Waals surface area contributed by atoms with Gasteiger partial charge in [-0.15, -0.1) is 0 Å². The van der Waals surface area contributed by atoms with E-state index in [0.29, 0.717) is 6.54 Å². The van der Waals surface area contributed by atoms with Gasteiger partial charge >= 0.3 is 0 Å². The van der Waals surface area contributed by atoms with E-state index in [1.54, 1.807) is 6.92 Å². The molecule has 3 N–H and O–H groups in total. The van der Waals surface area contributed by atoms with E-state index in [9.17, 15) is 9.59 Å². The molecule has 1 rings (SSSR count). The first-order valence-corrected chi connectivity index (χ1v) is 3.85. The van der Waals surface area contributed by atoms with Crippen LogP contribution < -0.4 is 10.9 Å². The molecule has 0 saturated heterocycles. The van der Waals surface area contributed by atoms with Gasteiger partial charge < -0.3 is 10.4 Å². The number of carbonyl (C=O) groups is 1. The molecule has 0 spiro atoms. The molecule has 1 amide bonds. The fourth-order valence-corrected chi connectivity index (χ4v) is 0.922. The molecule has 0 bridgehead atoms. The SMILES string of the molecule is CCNC(=O)c1cc(O)[nH]c(=O)c1. The Morgan fingerprint density at radius 2 is 2.31 bits per heavy atom. The first-order valence-electron chi connectivity index (χ1n) is 3.85. The molecule has 70 valence electrons. The Hall–Kier alpha value is -1.78. The van der Waals surface area contributed by atoms with E-state index in [1.807, 2.05) is 0 Å². The predicted octanol–water partition coefficient (Wildman–Crippen LogP) is -0.170. The molecule has 0 atom stereocenters. The van der Waals surface area contributed by atoms with Crippen molar-refractivity contribution in [1.82, 2.24) is 10.3 Å². The van der Waals surface area contributed by atoms with Crippen LogP contribution in [0.25, 0.3) is 0 Å². The molecule has 13 heavy (non-hydrogen) atoms. The van der Waals surface area contributed by atoms with E-state index in [0.717, 1.165) is 6.07 Å². The lowest BCUT2D eigenvalue weighted by Gasteiger charge is -2.01. The summed E-state index contributed by atoms with van der Waals surface area (Å²) >= 11 is 0. The van der Waals surface area contributed by atoms with Gasteiger partial charge in [0.2, 0.25) is 0 Å². The highest BCUT2D eigenvalue weighted by Gasteiger charge is 2.05. The fraction of sp³-hybridized carbons (Fsp3) is 0.250. The normalized spacial score (nSPS) is 9.62. The first-order chi connectivity index (χ1) is 6.13. The number of nitrogens with one attached hydrogen (secondary N) is 2. The Labute approximate surface area is 74.4 Å². The van der Waals surface area contributed by atoms with Crippen LogP contribution in [0.15, 0.2) is 16.9 Å². The van der Waals surface area contributed by atoms with Gasteiger partial charge in [-0.25, -0.2) is 0 Å². The van der Waals surface area contributed by atoms with E-state index < -0.39 is 5.56 Å². The second-order valence-electron chi connectivity index (χ2n) is 2.48. The summed E-state index contributed by atoms with van der Waals surface area (Å²) in [5, 5.41) is 11.5. The van der Waals surface area contributed by atoms with Crippen molar-refractivity contribution in [2.24, 2.45) is 0 Å². The van der Waals surface area contributed by atoms with Gasteiger partial charge in [-0.3, -0.25) is 14.6 Å². The summed E-state index contributed by atoms with van der Waals surface area (Å²) in [4.78, 5) is 24.1. The van der Waals surface area contributed by atoms with Crippen molar-refractivity contribution in [1.29, 1.82) is 0 Å². The van der Waals surface area contributed by atoms with Crippen molar-refractivity contribution >= 4 is 5.91 Å². The van der Waals surface area contributed by atoms with E-state index in [-0.39, 0.29) is 17.4 Å². The molecule has 0 aliphatic rings. The molecule has 0 fully saturated rings. The van der Waals surface area contributed by atoms with Crippen LogP contribution in [0.1, 0.15) is 17.3 Å². The standard InChI is InChI=1S/C8H10N2O3/c1-2-9-8(13)5-3-6(11)10-7(12)4-5/h3-4H,2H2,1H3,(H,9,13)(H2,10,11,12). The summed E-state index contributed by atoms with van der Waals surface area (Å²) in [6, 6.07) is 2.33. The lowest BCUT2D eigenvalue weighted by atomic mass is 10.2. The van der Waals surface area contributed by atoms with Crippen molar-refractivity contribution in [3.8, 4) is 5.88 Å². The highest BCUT2D eigenvalue weighted by molar-refractivity contribution is 5.94. The fourth-order valence-electron chi connectivity index (χ4n) is 0.922. The Morgan fingerprint density at radius 1 is 1.62 bits per heavy atom. The molecular formula is C8H10N2O3. The summed E-state index contributed by atoms with van der Waals surface area (Å²) in [5.74, 6) is -0.683. The third kappa shape index (κ3) is 2.33. The number of hydrogen-bond donors (Lipinski definition) is 3. The maximum Gasteiger partial charge on any atom is 0.251 e. The Morgan fingerprint density at radius 3 is 2.85 bits per heavy atom. The average molecular weight is 182 g/mol. The predicted molar refractivity (Wildman–Crippen MR) is 46.7 cm³/mol. The maximum absolute atomic E-state index is 11.2. The third-order valence-electron chi connectivity index (χ3n) is 1.43.